The molecule has 28 heavy (non-hydrogen) atoms. The van der Waals surface area contributed by atoms with Crippen LogP contribution in [0.15, 0.2) is 54.6 Å². The van der Waals surface area contributed by atoms with Crippen molar-refractivity contribution in [2.45, 2.75) is 12.2 Å². The number of para-hydroxylation sites is 1. The largest absolute Gasteiger partial charge is 0.457 e. The molecule has 1 saturated heterocycles. The summed E-state index contributed by atoms with van der Waals surface area (Å²) in [6, 6.07) is 13.7. The minimum atomic E-state index is -4.40. The van der Waals surface area contributed by atoms with Crippen LogP contribution in [0.2, 0.25) is 0 Å². The summed E-state index contributed by atoms with van der Waals surface area (Å²) in [7, 11) is 0. The fraction of sp³-hybridized carbons (Fsp3) is 0.350. The van der Waals surface area contributed by atoms with Gasteiger partial charge in [-0.2, -0.15) is 13.2 Å². The Labute approximate surface area is 161 Å². The van der Waals surface area contributed by atoms with Crippen LogP contribution in [-0.2, 0) is 0 Å². The monoisotopic (exact) mass is 393 g/mol. The number of rotatable bonds is 6. The average molecular weight is 393 g/mol. The summed E-state index contributed by atoms with van der Waals surface area (Å²) in [5, 5.41) is 5.44. The Kier molecular flexibility index (Phi) is 6.53. The molecule has 0 aliphatic carbocycles. The van der Waals surface area contributed by atoms with Crippen LogP contribution in [0, 0.1) is 0 Å². The number of carbonyl (C=O) groups is 1. The Hall–Kier alpha value is -2.58. The summed E-state index contributed by atoms with van der Waals surface area (Å²) in [4.78, 5) is 13.6. The molecule has 8 heteroatoms. The second-order valence-electron chi connectivity index (χ2n) is 6.49. The predicted octanol–water partition coefficient (Wildman–Crippen LogP) is 3.04. The number of hydrogen-bond donors (Lipinski definition) is 2. The lowest BCUT2D eigenvalue weighted by atomic mass is 10.1. The van der Waals surface area contributed by atoms with E-state index in [0.29, 0.717) is 37.7 Å². The molecular formula is C20H22F3N3O2. The van der Waals surface area contributed by atoms with Gasteiger partial charge in [-0.3, -0.25) is 9.69 Å². The van der Waals surface area contributed by atoms with Crippen molar-refractivity contribution in [1.82, 2.24) is 15.5 Å². The molecule has 2 aromatic rings. The summed E-state index contributed by atoms with van der Waals surface area (Å²) in [6.45, 7) is 1.12. The molecule has 3 rings (SSSR count). The quantitative estimate of drug-likeness (QED) is 0.792. The van der Waals surface area contributed by atoms with Gasteiger partial charge in [0, 0.05) is 38.3 Å². The molecule has 0 aromatic heterocycles. The van der Waals surface area contributed by atoms with E-state index in [-0.39, 0.29) is 5.56 Å². The second-order valence-corrected chi connectivity index (χ2v) is 6.49. The highest BCUT2D eigenvalue weighted by Crippen LogP contribution is 2.25. The summed E-state index contributed by atoms with van der Waals surface area (Å²) in [5.41, 5.74) is 0.279. The molecule has 1 amide bonds. The van der Waals surface area contributed by atoms with Crippen LogP contribution < -0.4 is 15.4 Å². The first-order valence-electron chi connectivity index (χ1n) is 9.06. The van der Waals surface area contributed by atoms with Gasteiger partial charge in [-0.25, -0.2) is 0 Å². The van der Waals surface area contributed by atoms with E-state index in [1.54, 1.807) is 24.3 Å². The molecule has 0 bridgehead atoms. The van der Waals surface area contributed by atoms with Gasteiger partial charge in [-0.1, -0.05) is 18.2 Å². The molecule has 2 N–H and O–H groups in total. The average Bonchev–Trinajstić information content (AvgIpc) is 2.69. The van der Waals surface area contributed by atoms with Crippen molar-refractivity contribution in [3.8, 4) is 11.5 Å². The van der Waals surface area contributed by atoms with Gasteiger partial charge < -0.3 is 15.4 Å². The predicted molar refractivity (Wildman–Crippen MR) is 99.6 cm³/mol. The highest BCUT2D eigenvalue weighted by molar-refractivity contribution is 5.94. The summed E-state index contributed by atoms with van der Waals surface area (Å²) >= 11 is 0. The second kappa shape index (κ2) is 9.07. The maximum atomic E-state index is 13.4. The Bertz CT molecular complexity index is 761. The normalized spacial score (nSPS) is 16.4. The number of nitrogens with zero attached hydrogens (tertiary/aromatic N) is 1. The first-order valence-corrected chi connectivity index (χ1v) is 9.06. The van der Waals surface area contributed by atoms with E-state index in [9.17, 15) is 18.0 Å². The summed E-state index contributed by atoms with van der Waals surface area (Å²) < 4.78 is 45.8. The lowest BCUT2D eigenvalue weighted by Crippen LogP contribution is -2.57. The number of carbonyl (C=O) groups excluding carboxylic acids is 1. The summed E-state index contributed by atoms with van der Waals surface area (Å²) in [5.74, 6) is 0.649. The van der Waals surface area contributed by atoms with Crippen LogP contribution in [0.5, 0.6) is 11.5 Å². The van der Waals surface area contributed by atoms with Gasteiger partial charge in [0.25, 0.3) is 5.91 Å². The van der Waals surface area contributed by atoms with E-state index in [1.807, 2.05) is 18.2 Å². The van der Waals surface area contributed by atoms with Crippen LogP contribution in [-0.4, -0.2) is 55.7 Å². The minimum absolute atomic E-state index is 0.279. The Balaban J connectivity index is 1.58. The van der Waals surface area contributed by atoms with Gasteiger partial charge in [0.2, 0.25) is 0 Å². The molecule has 1 aliphatic rings. The number of alkyl halides is 3. The molecule has 0 spiro atoms. The van der Waals surface area contributed by atoms with E-state index >= 15 is 0 Å². The van der Waals surface area contributed by atoms with E-state index in [0.717, 1.165) is 0 Å². The molecular weight excluding hydrogens is 371 g/mol. The first-order chi connectivity index (χ1) is 13.4. The standard InChI is InChI=1S/C20H22F3N3O2/c21-20(22,23)18(26-12-10-24-11-13-26)14-25-19(27)15-6-8-17(9-7-15)28-16-4-2-1-3-5-16/h1-9,18,24H,10-14H2,(H,25,27). The fourth-order valence-electron chi connectivity index (χ4n) is 3.04. The zero-order valence-corrected chi connectivity index (χ0v) is 15.2. The lowest BCUT2D eigenvalue weighted by molar-refractivity contribution is -0.183. The van der Waals surface area contributed by atoms with Crippen molar-refractivity contribution in [2.75, 3.05) is 32.7 Å². The SMILES string of the molecule is O=C(NCC(N1CCNCC1)C(F)(F)F)c1ccc(Oc2ccccc2)cc1. The first kappa shape index (κ1) is 20.2. The van der Waals surface area contributed by atoms with Crippen LogP contribution >= 0.6 is 0 Å². The third-order valence-corrected chi connectivity index (χ3v) is 4.52. The van der Waals surface area contributed by atoms with Crippen LogP contribution in [0.4, 0.5) is 13.2 Å². The van der Waals surface area contributed by atoms with Crippen molar-refractivity contribution in [2.24, 2.45) is 0 Å². The third kappa shape index (κ3) is 5.46. The number of nitrogens with one attached hydrogen (secondary N) is 2. The van der Waals surface area contributed by atoms with Crippen LogP contribution in [0.1, 0.15) is 10.4 Å². The minimum Gasteiger partial charge on any atom is -0.457 e. The molecule has 1 unspecified atom stereocenters. The van der Waals surface area contributed by atoms with Crippen molar-refractivity contribution in [1.29, 1.82) is 0 Å². The molecule has 0 saturated carbocycles. The number of halogens is 3. The van der Waals surface area contributed by atoms with Gasteiger partial charge >= 0.3 is 6.18 Å². The molecule has 1 fully saturated rings. The molecule has 0 radical (unpaired) electrons. The molecule has 1 heterocycles. The molecule has 1 aliphatic heterocycles. The van der Waals surface area contributed by atoms with E-state index in [4.69, 9.17) is 4.74 Å². The van der Waals surface area contributed by atoms with Gasteiger partial charge in [-0.15, -0.1) is 0 Å². The van der Waals surface area contributed by atoms with Crippen molar-refractivity contribution in [3.63, 3.8) is 0 Å². The van der Waals surface area contributed by atoms with E-state index in [2.05, 4.69) is 10.6 Å². The maximum absolute atomic E-state index is 13.4. The van der Waals surface area contributed by atoms with Crippen LogP contribution in [0.3, 0.4) is 0 Å². The summed E-state index contributed by atoms with van der Waals surface area (Å²) in [6.07, 6.45) is -4.40. The molecule has 2 aromatic carbocycles. The molecule has 150 valence electrons. The topological polar surface area (TPSA) is 53.6 Å². The number of amides is 1. The smallest absolute Gasteiger partial charge is 0.405 e. The Morgan fingerprint density at radius 1 is 1.04 bits per heavy atom. The zero-order chi connectivity index (χ0) is 20.0. The number of piperazine rings is 1. The van der Waals surface area contributed by atoms with Gasteiger partial charge in [-0.05, 0) is 36.4 Å². The third-order valence-electron chi connectivity index (χ3n) is 4.52. The highest BCUT2D eigenvalue weighted by atomic mass is 19.4. The number of benzene rings is 2. The van der Waals surface area contributed by atoms with Crippen molar-refractivity contribution in [3.05, 3.63) is 60.2 Å². The Morgan fingerprint density at radius 2 is 1.64 bits per heavy atom. The van der Waals surface area contributed by atoms with Crippen molar-refractivity contribution >= 4 is 5.91 Å². The van der Waals surface area contributed by atoms with Crippen molar-refractivity contribution < 1.29 is 22.7 Å². The Morgan fingerprint density at radius 3 is 2.25 bits per heavy atom. The highest BCUT2D eigenvalue weighted by Gasteiger charge is 2.43. The number of ether oxygens (including phenoxy) is 1. The van der Waals surface area contributed by atoms with Gasteiger partial charge in [0.15, 0.2) is 0 Å². The fourth-order valence-corrected chi connectivity index (χ4v) is 3.04. The van der Waals surface area contributed by atoms with E-state index in [1.165, 1.54) is 17.0 Å². The van der Waals surface area contributed by atoms with Gasteiger partial charge in [0.1, 0.15) is 17.5 Å². The maximum Gasteiger partial charge on any atom is 0.405 e. The van der Waals surface area contributed by atoms with E-state index < -0.39 is 24.7 Å². The lowest BCUT2D eigenvalue weighted by Gasteiger charge is -2.35. The zero-order valence-electron chi connectivity index (χ0n) is 15.2. The molecule has 5 nitrogen and oxygen atoms in total. The number of hydrogen-bond acceptors (Lipinski definition) is 4. The molecule has 1 atom stereocenters. The van der Waals surface area contributed by atoms with Gasteiger partial charge in [0.05, 0.1) is 0 Å². The van der Waals surface area contributed by atoms with Crippen LogP contribution in [0.25, 0.3) is 0 Å².